The van der Waals surface area contributed by atoms with Crippen molar-refractivity contribution in [3.63, 3.8) is 0 Å². The average Bonchev–Trinajstić information content (AvgIpc) is 2.71. The number of piperidine rings is 1. The van der Waals surface area contributed by atoms with Crippen LogP contribution in [0.25, 0.3) is 0 Å². The van der Waals surface area contributed by atoms with Crippen molar-refractivity contribution in [3.05, 3.63) is 35.9 Å². The lowest BCUT2D eigenvalue weighted by molar-refractivity contribution is -0.143. The number of likely N-dealkylation sites (tertiary alicyclic amines) is 1. The standard InChI is InChI=1S/C21H31N3O4/c1-3-4-10-18(20(26)27)22-19(25)17-11-13-24(14-12-17)21(28)23(2)15-16-8-6-5-7-9-16/h5-9,17-18H,3-4,10-15H2,1-2H3,(H,22,25)(H,26,27). The molecule has 1 aliphatic heterocycles. The topological polar surface area (TPSA) is 90.0 Å². The molecule has 0 radical (unpaired) electrons. The summed E-state index contributed by atoms with van der Waals surface area (Å²) in [5.41, 5.74) is 1.07. The number of benzene rings is 1. The van der Waals surface area contributed by atoms with Gasteiger partial charge in [-0.2, -0.15) is 0 Å². The Morgan fingerprint density at radius 3 is 2.43 bits per heavy atom. The van der Waals surface area contributed by atoms with Crippen molar-refractivity contribution in [2.45, 2.75) is 51.6 Å². The Morgan fingerprint density at radius 2 is 1.86 bits per heavy atom. The number of amides is 3. The smallest absolute Gasteiger partial charge is 0.326 e. The molecular formula is C21H31N3O4. The summed E-state index contributed by atoms with van der Waals surface area (Å²) in [7, 11) is 1.78. The Labute approximate surface area is 166 Å². The molecule has 7 heteroatoms. The van der Waals surface area contributed by atoms with Crippen molar-refractivity contribution in [3.8, 4) is 0 Å². The van der Waals surface area contributed by atoms with E-state index in [4.69, 9.17) is 0 Å². The number of carboxylic acids is 1. The maximum absolute atomic E-state index is 12.6. The predicted octanol–water partition coefficient (Wildman–Crippen LogP) is 2.71. The Kier molecular flexibility index (Phi) is 8.29. The van der Waals surface area contributed by atoms with Crippen molar-refractivity contribution in [2.75, 3.05) is 20.1 Å². The van der Waals surface area contributed by atoms with Gasteiger partial charge in [-0.1, -0.05) is 50.1 Å². The fourth-order valence-electron chi connectivity index (χ4n) is 3.45. The van der Waals surface area contributed by atoms with Gasteiger partial charge in [0, 0.05) is 32.6 Å². The van der Waals surface area contributed by atoms with Crippen LogP contribution in [0, 0.1) is 5.92 Å². The Balaban J connectivity index is 1.81. The van der Waals surface area contributed by atoms with Crippen molar-refractivity contribution in [1.29, 1.82) is 0 Å². The highest BCUT2D eigenvalue weighted by molar-refractivity contribution is 5.85. The van der Waals surface area contributed by atoms with Crippen LogP contribution in [-0.4, -0.2) is 59.0 Å². The quantitative estimate of drug-likeness (QED) is 0.715. The van der Waals surface area contributed by atoms with Gasteiger partial charge in [0.25, 0.3) is 0 Å². The number of nitrogens with zero attached hydrogens (tertiary/aromatic N) is 2. The van der Waals surface area contributed by atoms with Crippen LogP contribution in [-0.2, 0) is 16.1 Å². The summed E-state index contributed by atoms with van der Waals surface area (Å²) in [5.74, 6) is -1.45. The van der Waals surface area contributed by atoms with Crippen molar-refractivity contribution in [2.24, 2.45) is 5.92 Å². The number of carbonyl (C=O) groups is 3. The van der Waals surface area contributed by atoms with Gasteiger partial charge in [0.15, 0.2) is 0 Å². The fourth-order valence-corrected chi connectivity index (χ4v) is 3.45. The van der Waals surface area contributed by atoms with Crippen LogP contribution in [0.4, 0.5) is 4.79 Å². The lowest BCUT2D eigenvalue weighted by atomic mass is 9.95. The summed E-state index contributed by atoms with van der Waals surface area (Å²) in [6.07, 6.45) is 3.20. The van der Waals surface area contributed by atoms with Gasteiger partial charge in [-0.15, -0.1) is 0 Å². The number of nitrogens with one attached hydrogen (secondary N) is 1. The number of rotatable bonds is 8. The molecule has 154 valence electrons. The Bertz CT molecular complexity index is 657. The second-order valence-electron chi connectivity index (χ2n) is 7.43. The minimum absolute atomic E-state index is 0.0472. The second-order valence-corrected chi connectivity index (χ2v) is 7.43. The molecule has 28 heavy (non-hydrogen) atoms. The Hall–Kier alpha value is -2.57. The van der Waals surface area contributed by atoms with Crippen molar-refractivity contribution in [1.82, 2.24) is 15.1 Å². The van der Waals surface area contributed by atoms with E-state index in [0.717, 1.165) is 18.4 Å². The minimum atomic E-state index is -0.989. The summed E-state index contributed by atoms with van der Waals surface area (Å²) in [6, 6.07) is 8.93. The van der Waals surface area contributed by atoms with Crippen LogP contribution >= 0.6 is 0 Å². The summed E-state index contributed by atoms with van der Waals surface area (Å²) in [6.45, 7) is 3.53. The van der Waals surface area contributed by atoms with E-state index in [1.807, 2.05) is 37.3 Å². The van der Waals surface area contributed by atoms with Crippen LogP contribution in [0.15, 0.2) is 30.3 Å². The zero-order chi connectivity index (χ0) is 20.5. The van der Waals surface area contributed by atoms with E-state index in [-0.39, 0.29) is 17.9 Å². The molecule has 0 aliphatic carbocycles. The first-order valence-electron chi connectivity index (χ1n) is 9.99. The van der Waals surface area contributed by atoms with Gasteiger partial charge in [0.1, 0.15) is 6.04 Å². The largest absolute Gasteiger partial charge is 0.480 e. The summed E-state index contributed by atoms with van der Waals surface area (Å²) in [5, 5.41) is 11.9. The van der Waals surface area contributed by atoms with Crippen molar-refractivity contribution < 1.29 is 19.5 Å². The van der Waals surface area contributed by atoms with Gasteiger partial charge in [0.2, 0.25) is 5.91 Å². The summed E-state index contributed by atoms with van der Waals surface area (Å²) < 4.78 is 0. The number of hydrogen-bond donors (Lipinski definition) is 2. The maximum atomic E-state index is 12.6. The molecule has 0 saturated carbocycles. The van der Waals surface area contributed by atoms with Crippen LogP contribution in [0.1, 0.15) is 44.6 Å². The number of hydrogen-bond acceptors (Lipinski definition) is 3. The lowest BCUT2D eigenvalue weighted by Crippen LogP contribution is -2.49. The van der Waals surface area contributed by atoms with Gasteiger partial charge < -0.3 is 20.2 Å². The normalized spacial score (nSPS) is 15.7. The molecule has 1 fully saturated rings. The first kappa shape index (κ1) is 21.7. The van der Waals surface area contributed by atoms with Gasteiger partial charge in [-0.3, -0.25) is 4.79 Å². The summed E-state index contributed by atoms with van der Waals surface area (Å²) in [4.78, 5) is 39.8. The van der Waals surface area contributed by atoms with Gasteiger partial charge in [0.05, 0.1) is 0 Å². The maximum Gasteiger partial charge on any atom is 0.326 e. The van der Waals surface area contributed by atoms with Crippen LogP contribution in [0.3, 0.4) is 0 Å². The molecule has 0 spiro atoms. The van der Waals surface area contributed by atoms with E-state index in [2.05, 4.69) is 5.32 Å². The van der Waals surface area contributed by atoms with Gasteiger partial charge >= 0.3 is 12.0 Å². The zero-order valence-corrected chi connectivity index (χ0v) is 16.8. The lowest BCUT2D eigenvalue weighted by Gasteiger charge is -2.34. The van der Waals surface area contributed by atoms with Gasteiger partial charge in [-0.05, 0) is 24.8 Å². The predicted molar refractivity (Wildman–Crippen MR) is 107 cm³/mol. The number of urea groups is 1. The molecule has 1 unspecified atom stereocenters. The van der Waals surface area contributed by atoms with E-state index < -0.39 is 12.0 Å². The van der Waals surface area contributed by atoms with Crippen molar-refractivity contribution >= 4 is 17.9 Å². The molecular weight excluding hydrogens is 358 g/mol. The third kappa shape index (κ3) is 6.25. The van der Waals surface area contributed by atoms with E-state index >= 15 is 0 Å². The van der Waals surface area contributed by atoms with Gasteiger partial charge in [-0.25, -0.2) is 9.59 Å². The molecule has 2 N–H and O–H groups in total. The number of aliphatic carboxylic acids is 1. The molecule has 1 saturated heterocycles. The molecule has 0 bridgehead atoms. The molecule has 1 aromatic rings. The third-order valence-electron chi connectivity index (χ3n) is 5.19. The van der Waals surface area contributed by atoms with Crippen LogP contribution < -0.4 is 5.32 Å². The van der Waals surface area contributed by atoms with E-state index in [1.165, 1.54) is 0 Å². The monoisotopic (exact) mass is 389 g/mol. The van der Waals surface area contributed by atoms with E-state index in [1.54, 1.807) is 16.8 Å². The highest BCUT2D eigenvalue weighted by atomic mass is 16.4. The summed E-state index contributed by atoms with van der Waals surface area (Å²) >= 11 is 0. The minimum Gasteiger partial charge on any atom is -0.480 e. The van der Waals surface area contributed by atoms with Crippen LogP contribution in [0.2, 0.25) is 0 Å². The molecule has 1 atom stereocenters. The SMILES string of the molecule is CCCCC(NC(=O)C1CCN(C(=O)N(C)Cc2ccccc2)CC1)C(=O)O. The number of carboxylic acid groups (broad SMARTS) is 1. The molecule has 1 aliphatic rings. The highest BCUT2D eigenvalue weighted by Gasteiger charge is 2.30. The average molecular weight is 389 g/mol. The Morgan fingerprint density at radius 1 is 1.21 bits per heavy atom. The molecule has 0 aromatic heterocycles. The fraction of sp³-hybridized carbons (Fsp3) is 0.571. The van der Waals surface area contributed by atoms with E-state index in [9.17, 15) is 19.5 Å². The van der Waals surface area contributed by atoms with E-state index in [0.29, 0.717) is 38.9 Å². The first-order chi connectivity index (χ1) is 13.4. The second kappa shape index (κ2) is 10.7. The first-order valence-corrected chi connectivity index (χ1v) is 9.99. The zero-order valence-electron chi connectivity index (χ0n) is 16.8. The number of unbranched alkanes of at least 4 members (excludes halogenated alkanes) is 1. The molecule has 3 amide bonds. The molecule has 2 rings (SSSR count). The highest BCUT2D eigenvalue weighted by Crippen LogP contribution is 2.19. The molecule has 1 heterocycles. The van der Waals surface area contributed by atoms with Crippen LogP contribution in [0.5, 0.6) is 0 Å². The molecule has 7 nitrogen and oxygen atoms in total. The molecule has 1 aromatic carbocycles. The third-order valence-corrected chi connectivity index (χ3v) is 5.19. The number of carbonyl (C=O) groups excluding carboxylic acids is 2.